The second-order valence-electron chi connectivity index (χ2n) is 4.81. The van der Waals surface area contributed by atoms with Gasteiger partial charge in [-0.25, -0.2) is 18.7 Å². The smallest absolute Gasteiger partial charge is 0.280 e. The quantitative estimate of drug-likeness (QED) is 0.523. The van der Waals surface area contributed by atoms with Crippen LogP contribution in [0.25, 0.3) is 0 Å². The Hall–Kier alpha value is -1.32. The molecule has 0 aliphatic carbocycles. The van der Waals surface area contributed by atoms with Gasteiger partial charge in [0.05, 0.1) is 12.7 Å². The highest BCUT2D eigenvalue weighted by Crippen LogP contribution is 2.36. The molecule has 2 aliphatic heterocycles. The van der Waals surface area contributed by atoms with E-state index in [0.29, 0.717) is 24.4 Å². The number of aromatic nitrogens is 2. The SMILES string of the molecule is Cc1cc(C(F)F)nc(SC2CC(=NO)C3OCC2O3)n1. The Kier molecular flexibility index (Phi) is 4.05. The summed E-state index contributed by atoms with van der Waals surface area (Å²) in [6.07, 6.45) is -2.99. The number of ether oxygens (including phenoxy) is 2. The summed E-state index contributed by atoms with van der Waals surface area (Å²) in [5.41, 5.74) is 0.581. The summed E-state index contributed by atoms with van der Waals surface area (Å²) in [7, 11) is 0. The molecule has 0 amide bonds. The Bertz CT molecular complexity index is 573. The molecule has 1 aromatic heterocycles. The molecule has 3 atom stereocenters. The molecule has 0 spiro atoms. The van der Waals surface area contributed by atoms with Crippen molar-refractivity contribution in [2.75, 3.05) is 6.61 Å². The largest absolute Gasteiger partial charge is 0.411 e. The van der Waals surface area contributed by atoms with Crippen molar-refractivity contribution in [1.29, 1.82) is 0 Å². The molecular weight excluding hydrogens is 304 g/mol. The number of aryl methyl sites for hydroxylation is 1. The first-order valence-electron chi connectivity index (χ1n) is 6.35. The summed E-state index contributed by atoms with van der Waals surface area (Å²) >= 11 is 1.24. The number of thioether (sulfide) groups is 1. The van der Waals surface area contributed by atoms with Gasteiger partial charge in [-0.3, -0.25) is 0 Å². The molecule has 3 rings (SSSR count). The van der Waals surface area contributed by atoms with Gasteiger partial charge < -0.3 is 14.7 Å². The fourth-order valence-electron chi connectivity index (χ4n) is 2.29. The number of halogens is 2. The third-order valence-electron chi connectivity index (χ3n) is 3.27. The summed E-state index contributed by atoms with van der Waals surface area (Å²) in [6.45, 7) is 2.01. The normalized spacial score (nSPS) is 30.3. The van der Waals surface area contributed by atoms with E-state index in [9.17, 15) is 8.78 Å². The lowest BCUT2D eigenvalue weighted by Gasteiger charge is -2.26. The maximum Gasteiger partial charge on any atom is 0.280 e. The van der Waals surface area contributed by atoms with E-state index in [1.165, 1.54) is 17.8 Å². The molecule has 21 heavy (non-hydrogen) atoms. The molecule has 0 saturated carbocycles. The molecule has 2 aliphatic rings. The number of alkyl halides is 2. The van der Waals surface area contributed by atoms with Gasteiger partial charge in [0, 0.05) is 17.4 Å². The summed E-state index contributed by atoms with van der Waals surface area (Å²) < 4.78 is 36.5. The van der Waals surface area contributed by atoms with E-state index in [1.54, 1.807) is 6.92 Å². The van der Waals surface area contributed by atoms with Crippen LogP contribution in [0.15, 0.2) is 16.4 Å². The lowest BCUT2D eigenvalue weighted by Crippen LogP contribution is -2.37. The molecule has 0 radical (unpaired) electrons. The predicted molar refractivity (Wildman–Crippen MR) is 69.8 cm³/mol. The van der Waals surface area contributed by atoms with Crippen LogP contribution >= 0.6 is 11.8 Å². The highest BCUT2D eigenvalue weighted by atomic mass is 32.2. The fourth-order valence-corrected chi connectivity index (χ4v) is 3.47. The van der Waals surface area contributed by atoms with E-state index in [0.717, 1.165) is 0 Å². The Labute approximate surface area is 123 Å². The van der Waals surface area contributed by atoms with Gasteiger partial charge in [-0.15, -0.1) is 0 Å². The molecule has 2 saturated heterocycles. The van der Waals surface area contributed by atoms with E-state index < -0.39 is 12.7 Å². The summed E-state index contributed by atoms with van der Waals surface area (Å²) in [6, 6.07) is 1.27. The average molecular weight is 317 g/mol. The van der Waals surface area contributed by atoms with Crippen LogP contribution in [0.2, 0.25) is 0 Å². The van der Waals surface area contributed by atoms with Gasteiger partial charge in [0.25, 0.3) is 6.43 Å². The molecule has 2 bridgehead atoms. The molecule has 3 heterocycles. The van der Waals surface area contributed by atoms with Crippen LogP contribution in [0.5, 0.6) is 0 Å². The van der Waals surface area contributed by atoms with Crippen molar-refractivity contribution in [3.05, 3.63) is 17.5 Å². The maximum atomic E-state index is 12.8. The van der Waals surface area contributed by atoms with E-state index in [1.807, 2.05) is 0 Å². The molecular formula is C12H13F2N3O3S. The first-order chi connectivity index (χ1) is 10.1. The molecule has 3 unspecified atom stereocenters. The minimum atomic E-state index is -2.64. The van der Waals surface area contributed by atoms with Gasteiger partial charge in [-0.05, 0) is 13.0 Å². The first-order valence-corrected chi connectivity index (χ1v) is 7.23. The maximum absolute atomic E-state index is 12.8. The standard InChI is InChI=1S/C12H13F2N3O3S/c1-5-2-6(10(13)14)16-12(15-5)21-9-3-7(17-18)11-19-4-8(9)20-11/h2,8-11,18H,3-4H2,1H3. The monoisotopic (exact) mass is 317 g/mol. The Morgan fingerprint density at radius 1 is 1.48 bits per heavy atom. The van der Waals surface area contributed by atoms with Gasteiger partial charge in [0.2, 0.25) is 6.29 Å². The minimum Gasteiger partial charge on any atom is -0.411 e. The van der Waals surface area contributed by atoms with Crippen molar-refractivity contribution in [2.45, 2.75) is 42.6 Å². The summed E-state index contributed by atoms with van der Waals surface area (Å²) in [5.74, 6) is 0. The number of hydrogen-bond acceptors (Lipinski definition) is 7. The third-order valence-corrected chi connectivity index (χ3v) is 4.44. The highest BCUT2D eigenvalue weighted by Gasteiger charge is 2.43. The van der Waals surface area contributed by atoms with Crippen molar-refractivity contribution in [3.8, 4) is 0 Å². The number of nitrogens with zero attached hydrogens (tertiary/aromatic N) is 3. The molecule has 2 fully saturated rings. The van der Waals surface area contributed by atoms with Crippen LogP contribution in [0, 0.1) is 6.92 Å². The van der Waals surface area contributed by atoms with Crippen LogP contribution in [0.3, 0.4) is 0 Å². The molecule has 114 valence electrons. The Balaban J connectivity index is 1.80. The lowest BCUT2D eigenvalue weighted by molar-refractivity contribution is -0.0169. The van der Waals surface area contributed by atoms with Crippen molar-refractivity contribution in [3.63, 3.8) is 0 Å². The number of fused-ring (bicyclic) bond motifs is 2. The van der Waals surface area contributed by atoms with Crippen LogP contribution in [-0.4, -0.2) is 45.1 Å². The van der Waals surface area contributed by atoms with E-state index in [2.05, 4.69) is 15.1 Å². The second-order valence-corrected chi connectivity index (χ2v) is 6.02. The van der Waals surface area contributed by atoms with Crippen LogP contribution in [0.1, 0.15) is 24.2 Å². The van der Waals surface area contributed by atoms with Gasteiger partial charge >= 0.3 is 0 Å². The van der Waals surface area contributed by atoms with Crippen molar-refractivity contribution < 1.29 is 23.5 Å². The van der Waals surface area contributed by atoms with Gasteiger partial charge in [0.15, 0.2) is 5.16 Å². The van der Waals surface area contributed by atoms with Crippen molar-refractivity contribution >= 4 is 17.5 Å². The van der Waals surface area contributed by atoms with Crippen LogP contribution in [0.4, 0.5) is 8.78 Å². The van der Waals surface area contributed by atoms with Gasteiger partial charge in [-0.2, -0.15) is 0 Å². The van der Waals surface area contributed by atoms with Gasteiger partial charge in [0.1, 0.15) is 11.4 Å². The van der Waals surface area contributed by atoms with Gasteiger partial charge in [-0.1, -0.05) is 16.9 Å². The molecule has 0 aromatic carbocycles. The van der Waals surface area contributed by atoms with Crippen molar-refractivity contribution in [1.82, 2.24) is 9.97 Å². The number of hydrogen-bond donors (Lipinski definition) is 1. The zero-order valence-corrected chi connectivity index (χ0v) is 11.9. The zero-order valence-electron chi connectivity index (χ0n) is 11.1. The number of oxime groups is 1. The average Bonchev–Trinajstić information content (AvgIpc) is 2.86. The summed E-state index contributed by atoms with van der Waals surface area (Å²) in [5, 5.41) is 12.2. The second kappa shape index (κ2) is 5.82. The molecule has 1 N–H and O–H groups in total. The Morgan fingerprint density at radius 3 is 3.00 bits per heavy atom. The zero-order chi connectivity index (χ0) is 15.0. The topological polar surface area (TPSA) is 76.8 Å². The molecule has 6 nitrogen and oxygen atoms in total. The van der Waals surface area contributed by atoms with Crippen molar-refractivity contribution in [2.24, 2.45) is 5.16 Å². The highest BCUT2D eigenvalue weighted by molar-refractivity contribution is 7.99. The lowest BCUT2D eigenvalue weighted by atomic mass is 10.1. The fraction of sp³-hybridized carbons (Fsp3) is 0.583. The third kappa shape index (κ3) is 2.99. The predicted octanol–water partition coefficient (Wildman–Crippen LogP) is 2.16. The molecule has 9 heteroatoms. The van der Waals surface area contributed by atoms with E-state index >= 15 is 0 Å². The number of rotatable bonds is 3. The van der Waals surface area contributed by atoms with E-state index in [4.69, 9.17) is 14.7 Å². The first kappa shape index (κ1) is 14.6. The Morgan fingerprint density at radius 2 is 2.29 bits per heavy atom. The van der Waals surface area contributed by atoms with Crippen LogP contribution in [-0.2, 0) is 9.47 Å². The molecule has 1 aromatic rings. The van der Waals surface area contributed by atoms with Crippen LogP contribution < -0.4 is 0 Å². The minimum absolute atomic E-state index is 0.137. The summed E-state index contributed by atoms with van der Waals surface area (Å²) in [4.78, 5) is 8.03. The van der Waals surface area contributed by atoms with E-state index in [-0.39, 0.29) is 22.2 Å².